The molecule has 118 valence electrons. The van der Waals surface area contributed by atoms with Gasteiger partial charge in [-0.05, 0) is 85.4 Å². The Bertz CT molecular complexity index is 601. The van der Waals surface area contributed by atoms with Crippen molar-refractivity contribution in [3.8, 4) is 11.5 Å². The molecular formula is C18H22INO2. The van der Waals surface area contributed by atoms with Crippen molar-refractivity contribution < 1.29 is 9.47 Å². The molecule has 22 heavy (non-hydrogen) atoms. The Balaban J connectivity index is 1.48. The molecule has 1 aliphatic carbocycles. The van der Waals surface area contributed by atoms with E-state index in [1.807, 2.05) is 0 Å². The van der Waals surface area contributed by atoms with Crippen LogP contribution in [0.1, 0.15) is 37.7 Å². The fourth-order valence-electron chi connectivity index (χ4n) is 4.08. The Labute approximate surface area is 145 Å². The molecular weight excluding hydrogens is 389 g/mol. The quantitative estimate of drug-likeness (QED) is 0.552. The summed E-state index contributed by atoms with van der Waals surface area (Å²) in [4.78, 5) is 2.71. The molecule has 3 aliphatic rings. The van der Waals surface area contributed by atoms with Crippen molar-refractivity contribution in [1.82, 2.24) is 4.90 Å². The lowest BCUT2D eigenvalue weighted by atomic mass is 9.85. The number of nitrogens with zero attached hydrogens (tertiary/aromatic N) is 1. The standard InChI is InChI=1S/C18H22INO2/c19-15-12-17-16(21-13-22-17)11-14(15)5-10-20-9-4-8-18(20)6-2-1-3-7-18/h2,6,11-12H,1,3-5,7-10,13H2. The van der Waals surface area contributed by atoms with Crippen LogP contribution in [0.5, 0.6) is 11.5 Å². The van der Waals surface area contributed by atoms with Gasteiger partial charge in [-0.1, -0.05) is 12.2 Å². The molecule has 3 nitrogen and oxygen atoms in total. The van der Waals surface area contributed by atoms with E-state index in [1.165, 1.54) is 47.8 Å². The van der Waals surface area contributed by atoms with Crippen LogP contribution >= 0.6 is 22.6 Å². The number of allylic oxidation sites excluding steroid dienone is 1. The fraction of sp³-hybridized carbons (Fsp3) is 0.556. The van der Waals surface area contributed by atoms with Crippen LogP contribution in [-0.4, -0.2) is 30.3 Å². The highest BCUT2D eigenvalue weighted by atomic mass is 127. The van der Waals surface area contributed by atoms with Crippen molar-refractivity contribution in [1.29, 1.82) is 0 Å². The number of likely N-dealkylation sites (tertiary alicyclic amines) is 1. The lowest BCUT2D eigenvalue weighted by Gasteiger charge is -2.38. The van der Waals surface area contributed by atoms with Crippen LogP contribution in [0.4, 0.5) is 0 Å². The zero-order valence-electron chi connectivity index (χ0n) is 12.8. The van der Waals surface area contributed by atoms with Crippen molar-refractivity contribution in [3.63, 3.8) is 0 Å². The van der Waals surface area contributed by atoms with E-state index in [9.17, 15) is 0 Å². The van der Waals surface area contributed by atoms with Crippen molar-refractivity contribution in [2.45, 2.75) is 44.1 Å². The minimum absolute atomic E-state index is 0.356. The summed E-state index contributed by atoms with van der Waals surface area (Å²) in [5, 5.41) is 0. The van der Waals surface area contributed by atoms with E-state index < -0.39 is 0 Å². The van der Waals surface area contributed by atoms with Gasteiger partial charge in [0.05, 0.1) is 0 Å². The summed E-state index contributed by atoms with van der Waals surface area (Å²) in [6, 6.07) is 4.28. The summed E-state index contributed by atoms with van der Waals surface area (Å²) in [5.74, 6) is 1.80. The predicted molar refractivity (Wildman–Crippen MR) is 95.5 cm³/mol. The van der Waals surface area contributed by atoms with E-state index >= 15 is 0 Å². The normalized spacial score (nSPS) is 27.0. The summed E-state index contributed by atoms with van der Waals surface area (Å²) in [5.41, 5.74) is 1.74. The molecule has 1 aromatic carbocycles. The molecule has 1 spiro atoms. The molecule has 1 atom stereocenters. The number of rotatable bonds is 3. The molecule has 0 bridgehead atoms. The summed E-state index contributed by atoms with van der Waals surface area (Å²) in [7, 11) is 0. The predicted octanol–water partition coefficient (Wildman–Crippen LogP) is 4.14. The number of benzene rings is 1. The van der Waals surface area contributed by atoms with Crippen molar-refractivity contribution in [3.05, 3.63) is 33.4 Å². The maximum Gasteiger partial charge on any atom is 0.231 e. The molecule has 4 rings (SSSR count). The highest BCUT2D eigenvalue weighted by Crippen LogP contribution is 2.39. The Hall–Kier alpha value is -0.750. The van der Waals surface area contributed by atoms with Gasteiger partial charge in [0.15, 0.2) is 11.5 Å². The zero-order chi connectivity index (χ0) is 15.0. The summed E-state index contributed by atoms with van der Waals surface area (Å²) >= 11 is 2.42. The minimum atomic E-state index is 0.356. The molecule has 0 N–H and O–H groups in total. The van der Waals surface area contributed by atoms with Crippen molar-refractivity contribution in [2.24, 2.45) is 0 Å². The molecule has 1 unspecified atom stereocenters. The SMILES string of the molecule is Ic1cc2c(cc1CCN1CCCC13C=CCCC3)OCO2. The van der Waals surface area contributed by atoms with Gasteiger partial charge in [0.1, 0.15) is 0 Å². The summed E-state index contributed by atoms with van der Waals surface area (Å²) in [6.45, 7) is 2.74. The van der Waals surface area contributed by atoms with Gasteiger partial charge in [0, 0.05) is 15.7 Å². The van der Waals surface area contributed by atoms with Crippen LogP contribution in [0.15, 0.2) is 24.3 Å². The maximum absolute atomic E-state index is 5.53. The Morgan fingerprint density at radius 3 is 2.77 bits per heavy atom. The molecule has 0 radical (unpaired) electrons. The number of fused-ring (bicyclic) bond motifs is 1. The lowest BCUT2D eigenvalue weighted by Crippen LogP contribution is -2.44. The third-order valence-electron chi connectivity index (χ3n) is 5.27. The van der Waals surface area contributed by atoms with Gasteiger partial charge < -0.3 is 9.47 Å². The highest BCUT2D eigenvalue weighted by Gasteiger charge is 2.38. The molecule has 0 aromatic heterocycles. The second-order valence-electron chi connectivity index (χ2n) is 6.54. The van der Waals surface area contributed by atoms with E-state index in [2.05, 4.69) is 51.8 Å². The highest BCUT2D eigenvalue weighted by molar-refractivity contribution is 14.1. The van der Waals surface area contributed by atoms with Gasteiger partial charge in [-0.3, -0.25) is 4.90 Å². The smallest absolute Gasteiger partial charge is 0.231 e. The molecule has 0 saturated carbocycles. The number of hydrogen-bond acceptors (Lipinski definition) is 3. The number of ether oxygens (including phenoxy) is 2. The van der Waals surface area contributed by atoms with E-state index in [1.54, 1.807) is 0 Å². The van der Waals surface area contributed by atoms with Crippen molar-refractivity contribution >= 4 is 22.6 Å². The first-order valence-corrected chi connectivity index (χ1v) is 9.36. The molecule has 1 fully saturated rings. The molecule has 1 aromatic rings. The Morgan fingerprint density at radius 2 is 1.95 bits per heavy atom. The van der Waals surface area contributed by atoms with Crippen LogP contribution in [0.25, 0.3) is 0 Å². The van der Waals surface area contributed by atoms with Gasteiger partial charge in [0.2, 0.25) is 6.79 Å². The maximum atomic E-state index is 5.53. The summed E-state index contributed by atoms with van der Waals surface area (Å²) < 4.78 is 12.3. The minimum Gasteiger partial charge on any atom is -0.454 e. The monoisotopic (exact) mass is 411 g/mol. The molecule has 2 aliphatic heterocycles. The third-order valence-corrected chi connectivity index (χ3v) is 6.27. The van der Waals surface area contributed by atoms with Crippen LogP contribution in [0, 0.1) is 3.57 Å². The van der Waals surface area contributed by atoms with Gasteiger partial charge >= 0.3 is 0 Å². The molecule has 2 heterocycles. The Morgan fingerprint density at radius 1 is 1.14 bits per heavy atom. The van der Waals surface area contributed by atoms with E-state index in [-0.39, 0.29) is 0 Å². The van der Waals surface area contributed by atoms with Gasteiger partial charge in [-0.15, -0.1) is 0 Å². The molecule has 0 amide bonds. The average molecular weight is 411 g/mol. The third kappa shape index (κ3) is 2.64. The van der Waals surface area contributed by atoms with Gasteiger partial charge in [0.25, 0.3) is 0 Å². The average Bonchev–Trinajstić information content (AvgIpc) is 3.13. The first kappa shape index (κ1) is 14.8. The van der Waals surface area contributed by atoms with E-state index in [4.69, 9.17) is 9.47 Å². The second kappa shape index (κ2) is 6.04. The second-order valence-corrected chi connectivity index (χ2v) is 7.70. The van der Waals surface area contributed by atoms with Gasteiger partial charge in [-0.25, -0.2) is 0 Å². The van der Waals surface area contributed by atoms with E-state index in [0.29, 0.717) is 12.3 Å². The number of halogens is 1. The first-order chi connectivity index (χ1) is 10.8. The first-order valence-electron chi connectivity index (χ1n) is 8.28. The fourth-order valence-corrected chi connectivity index (χ4v) is 4.79. The van der Waals surface area contributed by atoms with Crippen LogP contribution in [-0.2, 0) is 6.42 Å². The zero-order valence-corrected chi connectivity index (χ0v) is 15.0. The Kier molecular flexibility index (Phi) is 4.07. The van der Waals surface area contributed by atoms with E-state index in [0.717, 1.165) is 24.5 Å². The van der Waals surface area contributed by atoms with Crippen LogP contribution in [0.3, 0.4) is 0 Å². The summed E-state index contributed by atoms with van der Waals surface area (Å²) in [6.07, 6.45) is 12.6. The number of hydrogen-bond donors (Lipinski definition) is 0. The largest absolute Gasteiger partial charge is 0.454 e. The van der Waals surface area contributed by atoms with Gasteiger partial charge in [-0.2, -0.15) is 0 Å². The van der Waals surface area contributed by atoms with Crippen molar-refractivity contribution in [2.75, 3.05) is 19.9 Å². The topological polar surface area (TPSA) is 21.7 Å². The van der Waals surface area contributed by atoms with Crippen LogP contribution < -0.4 is 9.47 Å². The lowest BCUT2D eigenvalue weighted by molar-refractivity contribution is 0.167. The van der Waals surface area contributed by atoms with Crippen LogP contribution in [0.2, 0.25) is 0 Å². The molecule has 1 saturated heterocycles. The molecule has 4 heteroatoms.